The van der Waals surface area contributed by atoms with Gasteiger partial charge in [-0.3, -0.25) is 14.6 Å². The molecule has 3 N–H and O–H groups in total. The minimum absolute atomic E-state index is 0.127. The van der Waals surface area contributed by atoms with Gasteiger partial charge >= 0.3 is 4.87 Å². The molecule has 2 rings (SSSR count). The molecular weight excluding hydrogens is 276 g/mol. The lowest BCUT2D eigenvalue weighted by atomic mass is 10.3. The number of carbonyl (C=O) groups excluding carboxylic acids is 1. The van der Waals surface area contributed by atoms with Crippen LogP contribution >= 0.6 is 11.3 Å². The summed E-state index contributed by atoms with van der Waals surface area (Å²) < 4.78 is 0. The number of nitrogens with zero attached hydrogens (tertiary/aromatic N) is 1. The first-order chi connectivity index (χ1) is 9.69. The fourth-order valence-electron chi connectivity index (χ4n) is 1.60. The Bertz CT molecular complexity index is 635. The zero-order valence-corrected chi connectivity index (χ0v) is 11.9. The van der Waals surface area contributed by atoms with Crippen molar-refractivity contribution < 1.29 is 4.79 Å². The molecule has 6 nitrogen and oxygen atoms in total. The van der Waals surface area contributed by atoms with Crippen molar-refractivity contribution in [3.8, 4) is 0 Å². The van der Waals surface area contributed by atoms with E-state index in [9.17, 15) is 9.59 Å². The molecule has 7 heteroatoms. The van der Waals surface area contributed by atoms with Crippen molar-refractivity contribution in [3.05, 3.63) is 44.8 Å². The van der Waals surface area contributed by atoms with Gasteiger partial charge in [0.05, 0.1) is 6.54 Å². The highest BCUT2D eigenvalue weighted by molar-refractivity contribution is 7.07. The lowest BCUT2D eigenvalue weighted by Gasteiger charge is -2.07. The van der Waals surface area contributed by atoms with Crippen LogP contribution in [0.2, 0.25) is 0 Å². The van der Waals surface area contributed by atoms with E-state index in [1.807, 2.05) is 6.07 Å². The number of rotatable bonds is 6. The summed E-state index contributed by atoms with van der Waals surface area (Å²) in [6.07, 6.45) is 2.61. The van der Waals surface area contributed by atoms with Gasteiger partial charge < -0.3 is 15.6 Å². The molecule has 0 bridgehead atoms. The van der Waals surface area contributed by atoms with Crippen molar-refractivity contribution in [3.63, 3.8) is 0 Å². The van der Waals surface area contributed by atoms with Crippen LogP contribution in [0, 0.1) is 0 Å². The highest BCUT2D eigenvalue weighted by Gasteiger charge is 2.08. The maximum atomic E-state index is 12.0. The second-order valence-corrected chi connectivity index (χ2v) is 5.05. The van der Waals surface area contributed by atoms with Gasteiger partial charge in [-0.25, -0.2) is 0 Å². The van der Waals surface area contributed by atoms with E-state index in [4.69, 9.17) is 0 Å². The summed E-state index contributed by atoms with van der Waals surface area (Å²) in [7, 11) is 0. The van der Waals surface area contributed by atoms with E-state index in [0.29, 0.717) is 11.4 Å². The molecule has 106 valence electrons. The molecule has 0 spiro atoms. The molecule has 0 atom stereocenters. The second kappa shape index (κ2) is 6.85. The van der Waals surface area contributed by atoms with Gasteiger partial charge in [-0.2, -0.15) is 0 Å². The van der Waals surface area contributed by atoms with Crippen LogP contribution in [0.1, 0.15) is 29.5 Å². The van der Waals surface area contributed by atoms with Crippen LogP contribution in [0.4, 0.5) is 5.69 Å². The van der Waals surface area contributed by atoms with Crippen LogP contribution in [0.5, 0.6) is 0 Å². The Morgan fingerprint density at radius 1 is 1.50 bits per heavy atom. The molecule has 0 aromatic carbocycles. The minimum atomic E-state index is -0.266. The number of hydrogen-bond acceptors (Lipinski definition) is 5. The third-order valence-electron chi connectivity index (χ3n) is 2.58. The first-order valence-electron chi connectivity index (χ1n) is 6.34. The van der Waals surface area contributed by atoms with Gasteiger partial charge in [-0.15, -0.1) is 0 Å². The van der Waals surface area contributed by atoms with E-state index < -0.39 is 0 Å². The van der Waals surface area contributed by atoms with Crippen molar-refractivity contribution in [2.45, 2.75) is 19.9 Å². The molecule has 0 unspecified atom stereocenters. The van der Waals surface area contributed by atoms with Crippen molar-refractivity contribution in [2.24, 2.45) is 0 Å². The third kappa shape index (κ3) is 3.92. The van der Waals surface area contributed by atoms with E-state index in [1.165, 1.54) is 0 Å². The van der Waals surface area contributed by atoms with Gasteiger partial charge in [0.15, 0.2) is 0 Å². The highest BCUT2D eigenvalue weighted by Crippen LogP contribution is 2.08. The molecule has 0 aliphatic carbocycles. The highest BCUT2D eigenvalue weighted by atomic mass is 32.1. The fraction of sp³-hybridized carbons (Fsp3) is 0.308. The Kier molecular flexibility index (Phi) is 4.89. The van der Waals surface area contributed by atoms with Crippen LogP contribution < -0.4 is 15.5 Å². The van der Waals surface area contributed by atoms with Crippen LogP contribution in [-0.2, 0) is 6.54 Å². The summed E-state index contributed by atoms with van der Waals surface area (Å²) in [6, 6.07) is 3.53. The minimum Gasteiger partial charge on any atom is -0.385 e. The van der Waals surface area contributed by atoms with Crippen LogP contribution in [-0.4, -0.2) is 22.4 Å². The van der Waals surface area contributed by atoms with E-state index in [2.05, 4.69) is 27.5 Å². The summed E-state index contributed by atoms with van der Waals surface area (Å²) in [6.45, 7) is 3.20. The van der Waals surface area contributed by atoms with Gasteiger partial charge in [0.1, 0.15) is 5.69 Å². The van der Waals surface area contributed by atoms with Gasteiger partial charge in [-0.05, 0) is 18.6 Å². The topological polar surface area (TPSA) is 86.9 Å². The van der Waals surface area contributed by atoms with E-state index >= 15 is 0 Å². The summed E-state index contributed by atoms with van der Waals surface area (Å²) in [5, 5.41) is 7.61. The number of aromatic amines is 1. The molecule has 0 fully saturated rings. The molecule has 1 amide bonds. The zero-order chi connectivity index (χ0) is 14.4. The van der Waals surface area contributed by atoms with Crippen LogP contribution in [0.25, 0.3) is 0 Å². The molecule has 2 aromatic heterocycles. The molecule has 0 aliphatic heterocycles. The molecule has 0 saturated heterocycles. The van der Waals surface area contributed by atoms with Crippen molar-refractivity contribution in [2.75, 3.05) is 11.9 Å². The quantitative estimate of drug-likeness (QED) is 0.754. The van der Waals surface area contributed by atoms with Gasteiger partial charge in [-0.1, -0.05) is 18.3 Å². The second-order valence-electron chi connectivity index (χ2n) is 4.21. The smallest absolute Gasteiger partial charge is 0.304 e. The molecule has 0 saturated carbocycles. The van der Waals surface area contributed by atoms with Crippen molar-refractivity contribution in [1.82, 2.24) is 15.3 Å². The van der Waals surface area contributed by atoms with Gasteiger partial charge in [0.2, 0.25) is 0 Å². The summed E-state index contributed by atoms with van der Waals surface area (Å²) in [4.78, 5) is 29.5. The van der Waals surface area contributed by atoms with E-state index in [-0.39, 0.29) is 17.3 Å². The molecule has 2 heterocycles. The Morgan fingerprint density at radius 3 is 3.05 bits per heavy atom. The zero-order valence-electron chi connectivity index (χ0n) is 11.1. The van der Waals surface area contributed by atoms with Crippen LogP contribution in [0.15, 0.2) is 28.5 Å². The Hall–Kier alpha value is -2.15. The number of aromatic nitrogens is 2. The fourth-order valence-corrected chi connectivity index (χ4v) is 2.18. The molecule has 20 heavy (non-hydrogen) atoms. The largest absolute Gasteiger partial charge is 0.385 e. The standard InChI is InChI=1S/C13H16N4O2S/c1-2-4-14-9-3-5-15-11(6-9)12(18)16-7-10-8-20-13(19)17-10/h3,5-6,8H,2,4,7H2,1H3,(H,14,15)(H,16,18)(H,17,19). The number of amides is 1. The number of H-pyrrole nitrogens is 1. The molecule has 2 aromatic rings. The van der Waals surface area contributed by atoms with Gasteiger partial charge in [0.25, 0.3) is 5.91 Å². The number of hydrogen-bond donors (Lipinski definition) is 3. The number of nitrogens with one attached hydrogen (secondary N) is 3. The Morgan fingerprint density at radius 2 is 2.35 bits per heavy atom. The Balaban J connectivity index is 1.96. The lowest BCUT2D eigenvalue weighted by Crippen LogP contribution is -2.24. The first kappa shape index (κ1) is 14.3. The summed E-state index contributed by atoms with van der Waals surface area (Å²) >= 11 is 1.08. The number of thiazole rings is 1. The third-order valence-corrected chi connectivity index (χ3v) is 3.30. The van der Waals surface area contributed by atoms with Gasteiger partial charge in [0, 0.05) is 29.5 Å². The lowest BCUT2D eigenvalue weighted by molar-refractivity contribution is 0.0945. The van der Waals surface area contributed by atoms with Crippen LogP contribution in [0.3, 0.4) is 0 Å². The first-order valence-corrected chi connectivity index (χ1v) is 7.22. The predicted octanol–water partition coefficient (Wildman–Crippen LogP) is 1.58. The maximum Gasteiger partial charge on any atom is 0.304 e. The molecule has 0 radical (unpaired) electrons. The van der Waals surface area contributed by atoms with Crippen molar-refractivity contribution >= 4 is 22.9 Å². The predicted molar refractivity (Wildman–Crippen MR) is 79.1 cm³/mol. The number of carbonyl (C=O) groups is 1. The average Bonchev–Trinajstić information content (AvgIpc) is 2.88. The molecule has 0 aliphatic rings. The number of anilines is 1. The average molecular weight is 292 g/mol. The monoisotopic (exact) mass is 292 g/mol. The maximum absolute atomic E-state index is 12.0. The SMILES string of the molecule is CCCNc1ccnc(C(=O)NCc2csc(=O)[nH]2)c1. The van der Waals surface area contributed by atoms with Crippen molar-refractivity contribution in [1.29, 1.82) is 0 Å². The Labute approximate surface area is 120 Å². The van der Waals surface area contributed by atoms with E-state index in [1.54, 1.807) is 17.6 Å². The molecular formula is C13H16N4O2S. The van der Waals surface area contributed by atoms with E-state index in [0.717, 1.165) is 30.0 Å². The summed E-state index contributed by atoms with van der Waals surface area (Å²) in [5.41, 5.74) is 1.91. The summed E-state index contributed by atoms with van der Waals surface area (Å²) in [5.74, 6) is -0.266. The number of pyridine rings is 1. The normalized spacial score (nSPS) is 10.2.